The number of amides is 2. The van der Waals surface area contributed by atoms with Crippen LogP contribution in [0.25, 0.3) is 0 Å². The number of hydrogen-bond donors (Lipinski definition) is 1. The topological polar surface area (TPSA) is 80.1 Å². The maximum atomic E-state index is 13.6. The van der Waals surface area contributed by atoms with Gasteiger partial charge in [0.15, 0.2) is 5.69 Å². The normalized spacial score (nSPS) is 17.7. The third kappa shape index (κ3) is 5.42. The fourth-order valence-corrected chi connectivity index (χ4v) is 4.73. The van der Waals surface area contributed by atoms with Gasteiger partial charge in [-0.1, -0.05) is 48.5 Å². The molecule has 1 N–H and O–H groups in total. The molecule has 1 aliphatic carbocycles. The first kappa shape index (κ1) is 23.2. The second-order valence-electron chi connectivity index (χ2n) is 9.61. The van der Waals surface area contributed by atoms with Gasteiger partial charge in [-0.2, -0.15) is 0 Å². The number of aromatic nitrogens is 3. The van der Waals surface area contributed by atoms with E-state index in [2.05, 4.69) is 46.8 Å². The van der Waals surface area contributed by atoms with Crippen molar-refractivity contribution in [3.8, 4) is 0 Å². The van der Waals surface area contributed by atoms with Crippen LogP contribution in [-0.2, 0) is 24.3 Å². The van der Waals surface area contributed by atoms with Crippen LogP contribution in [0, 0.1) is 11.7 Å². The fourth-order valence-electron chi connectivity index (χ4n) is 4.73. The Morgan fingerprint density at radius 2 is 1.86 bits per heavy atom. The van der Waals surface area contributed by atoms with Gasteiger partial charge in [-0.05, 0) is 48.1 Å². The highest BCUT2D eigenvalue weighted by Gasteiger charge is 2.35. The monoisotopic (exact) mass is 475 g/mol. The molecule has 2 aliphatic rings. The highest BCUT2D eigenvalue weighted by molar-refractivity contribution is 5.93. The summed E-state index contributed by atoms with van der Waals surface area (Å²) < 4.78 is 15.3. The number of nitrogens with zero attached hydrogens (tertiary/aromatic N) is 4. The Labute approximate surface area is 204 Å². The largest absolute Gasteiger partial charge is 0.350 e. The minimum absolute atomic E-state index is 0.0630. The lowest BCUT2D eigenvalue weighted by atomic mass is 10.1. The second-order valence-corrected chi connectivity index (χ2v) is 9.61. The van der Waals surface area contributed by atoms with E-state index in [-0.39, 0.29) is 29.5 Å². The van der Waals surface area contributed by atoms with Crippen LogP contribution in [0.5, 0.6) is 0 Å². The van der Waals surface area contributed by atoms with Crippen LogP contribution < -0.4 is 5.32 Å². The minimum Gasteiger partial charge on any atom is -0.350 e. The number of nitrogens with one attached hydrogen (secondary N) is 1. The van der Waals surface area contributed by atoms with Gasteiger partial charge >= 0.3 is 0 Å². The number of halogens is 1. The zero-order valence-electron chi connectivity index (χ0n) is 19.9. The molecule has 2 amide bonds. The zero-order chi connectivity index (χ0) is 24.4. The Hall–Kier alpha value is -3.55. The molecule has 1 unspecified atom stereocenters. The van der Waals surface area contributed by atoms with Gasteiger partial charge in [-0.3, -0.25) is 9.59 Å². The molecule has 0 bridgehead atoms. The summed E-state index contributed by atoms with van der Waals surface area (Å²) in [6.45, 7) is 4.12. The molecule has 2 aromatic carbocycles. The van der Waals surface area contributed by atoms with Gasteiger partial charge in [0.1, 0.15) is 5.82 Å². The summed E-state index contributed by atoms with van der Waals surface area (Å²) in [5.74, 6) is -0.135. The van der Waals surface area contributed by atoms with Crippen molar-refractivity contribution < 1.29 is 14.0 Å². The Morgan fingerprint density at radius 3 is 2.57 bits per heavy atom. The molecule has 35 heavy (non-hydrogen) atoms. The van der Waals surface area contributed by atoms with Gasteiger partial charge in [-0.25, -0.2) is 9.07 Å². The molecule has 0 spiro atoms. The number of benzene rings is 2. The van der Waals surface area contributed by atoms with Crippen molar-refractivity contribution >= 4 is 11.8 Å². The Morgan fingerprint density at radius 1 is 1.09 bits per heavy atom. The van der Waals surface area contributed by atoms with Crippen molar-refractivity contribution in [3.63, 3.8) is 0 Å². The summed E-state index contributed by atoms with van der Waals surface area (Å²) in [4.78, 5) is 27.4. The number of aryl methyl sites for hydroxylation is 1. The maximum absolute atomic E-state index is 13.6. The molecule has 2 fully saturated rings. The molecule has 182 valence electrons. The van der Waals surface area contributed by atoms with Crippen LogP contribution in [0.3, 0.4) is 0 Å². The Balaban J connectivity index is 1.19. The average molecular weight is 476 g/mol. The molecule has 7 nitrogen and oxygen atoms in total. The van der Waals surface area contributed by atoms with Gasteiger partial charge in [0, 0.05) is 37.9 Å². The fraction of sp³-hybridized carbons (Fsp3) is 0.407. The van der Waals surface area contributed by atoms with Gasteiger partial charge in [0.05, 0.1) is 12.2 Å². The number of likely N-dealkylation sites (tertiary alicyclic amines) is 1. The Kier molecular flexibility index (Phi) is 6.61. The quantitative estimate of drug-likeness (QED) is 0.512. The van der Waals surface area contributed by atoms with Crippen LogP contribution >= 0.6 is 0 Å². The predicted molar refractivity (Wildman–Crippen MR) is 129 cm³/mol. The molecule has 1 saturated heterocycles. The molecule has 1 aromatic heterocycles. The van der Waals surface area contributed by atoms with Crippen LogP contribution in [0.1, 0.15) is 65.0 Å². The van der Waals surface area contributed by atoms with Crippen LogP contribution in [-0.4, -0.2) is 44.8 Å². The van der Waals surface area contributed by atoms with Crippen molar-refractivity contribution in [1.82, 2.24) is 25.2 Å². The SMILES string of the molecule is CCc1ccc(CN2CC(CNC(=O)c3nnn(Cc4cccc(F)c4)c3C3CC3)CC2=O)cc1. The zero-order valence-corrected chi connectivity index (χ0v) is 19.9. The number of carbonyl (C=O) groups is 2. The molecule has 1 aliphatic heterocycles. The molecule has 1 atom stereocenters. The highest BCUT2D eigenvalue weighted by atomic mass is 19.1. The van der Waals surface area contributed by atoms with Crippen molar-refractivity contribution in [1.29, 1.82) is 0 Å². The van der Waals surface area contributed by atoms with E-state index < -0.39 is 0 Å². The van der Waals surface area contributed by atoms with E-state index in [0.717, 1.165) is 36.1 Å². The number of hydrogen-bond acceptors (Lipinski definition) is 4. The lowest BCUT2D eigenvalue weighted by molar-refractivity contribution is -0.128. The van der Waals surface area contributed by atoms with Crippen molar-refractivity contribution in [3.05, 3.63) is 82.4 Å². The maximum Gasteiger partial charge on any atom is 0.273 e. The van der Waals surface area contributed by atoms with Crippen LogP contribution in [0.2, 0.25) is 0 Å². The first-order chi connectivity index (χ1) is 17.0. The van der Waals surface area contributed by atoms with Gasteiger partial charge in [0.2, 0.25) is 5.91 Å². The molecule has 0 radical (unpaired) electrons. The van der Waals surface area contributed by atoms with Crippen molar-refractivity contribution in [2.75, 3.05) is 13.1 Å². The van der Waals surface area contributed by atoms with E-state index in [1.54, 1.807) is 10.7 Å². The first-order valence-corrected chi connectivity index (χ1v) is 12.3. The van der Waals surface area contributed by atoms with E-state index in [9.17, 15) is 14.0 Å². The van der Waals surface area contributed by atoms with Crippen LogP contribution in [0.15, 0.2) is 48.5 Å². The van der Waals surface area contributed by atoms with Gasteiger partial charge in [0.25, 0.3) is 5.91 Å². The van der Waals surface area contributed by atoms with E-state index in [0.29, 0.717) is 38.3 Å². The van der Waals surface area contributed by atoms with Gasteiger partial charge < -0.3 is 10.2 Å². The average Bonchev–Trinajstić information content (AvgIpc) is 3.52. The molecular formula is C27H30FN5O2. The molecular weight excluding hydrogens is 445 g/mol. The molecule has 5 rings (SSSR count). The van der Waals surface area contributed by atoms with Crippen molar-refractivity contribution in [2.24, 2.45) is 5.92 Å². The highest BCUT2D eigenvalue weighted by Crippen LogP contribution is 2.41. The number of carbonyl (C=O) groups excluding carboxylic acids is 2. The lowest BCUT2D eigenvalue weighted by Crippen LogP contribution is -2.32. The third-order valence-electron chi connectivity index (χ3n) is 6.82. The standard InChI is InChI=1S/C27H30FN5O2/c1-2-18-6-8-19(9-7-18)15-32-16-21(13-24(32)34)14-29-27(35)25-26(22-10-11-22)33(31-30-25)17-20-4-3-5-23(28)12-20/h3-9,12,21-22H,2,10-11,13-17H2,1H3,(H,29,35). The molecule has 1 saturated carbocycles. The summed E-state index contributed by atoms with van der Waals surface area (Å²) in [6.07, 6.45) is 3.39. The molecule has 2 heterocycles. The smallest absolute Gasteiger partial charge is 0.273 e. The number of rotatable bonds is 9. The van der Waals surface area contributed by atoms with Crippen LogP contribution in [0.4, 0.5) is 4.39 Å². The summed E-state index contributed by atoms with van der Waals surface area (Å²) >= 11 is 0. The summed E-state index contributed by atoms with van der Waals surface area (Å²) in [7, 11) is 0. The first-order valence-electron chi connectivity index (χ1n) is 12.3. The second kappa shape index (κ2) is 9.98. The van der Waals surface area contributed by atoms with E-state index >= 15 is 0 Å². The predicted octanol–water partition coefficient (Wildman–Crippen LogP) is 3.68. The van der Waals surface area contributed by atoms with E-state index in [1.165, 1.54) is 17.7 Å². The summed E-state index contributed by atoms with van der Waals surface area (Å²) in [5, 5.41) is 11.4. The summed E-state index contributed by atoms with van der Waals surface area (Å²) in [6, 6.07) is 14.7. The lowest BCUT2D eigenvalue weighted by Gasteiger charge is -2.17. The van der Waals surface area contributed by atoms with Crippen molar-refractivity contribution in [2.45, 2.75) is 51.6 Å². The van der Waals surface area contributed by atoms with Gasteiger partial charge in [-0.15, -0.1) is 5.10 Å². The van der Waals surface area contributed by atoms with E-state index in [4.69, 9.17) is 0 Å². The van der Waals surface area contributed by atoms with E-state index in [1.807, 2.05) is 11.0 Å². The molecule has 8 heteroatoms. The molecule has 3 aromatic rings. The summed E-state index contributed by atoms with van der Waals surface area (Å²) in [5.41, 5.74) is 4.31. The Bertz CT molecular complexity index is 1220. The third-order valence-corrected chi connectivity index (χ3v) is 6.82. The minimum atomic E-state index is -0.299.